The van der Waals surface area contributed by atoms with E-state index < -0.39 is 7.12 Å². The number of nitrogens with zero attached hydrogens (tertiary/aromatic N) is 1. The van der Waals surface area contributed by atoms with E-state index in [-0.39, 0.29) is 5.46 Å². The van der Waals surface area contributed by atoms with Crippen LogP contribution >= 0.6 is 0 Å². The predicted molar refractivity (Wildman–Crippen MR) is 78.0 cm³/mol. The second-order valence-electron chi connectivity index (χ2n) is 4.18. The van der Waals surface area contributed by atoms with Gasteiger partial charge in [-0.15, -0.1) is 0 Å². The van der Waals surface area contributed by atoms with Crippen LogP contribution in [0.2, 0.25) is 0 Å². The summed E-state index contributed by atoms with van der Waals surface area (Å²) in [5, 5.41) is 18.1. The zero-order valence-electron chi connectivity index (χ0n) is 11.6. The molecule has 0 bridgehead atoms. The number of aromatic nitrogens is 1. The van der Waals surface area contributed by atoms with Gasteiger partial charge in [0.1, 0.15) is 19.0 Å². The molecule has 0 fully saturated rings. The maximum Gasteiger partial charge on any atom is 0.490 e. The van der Waals surface area contributed by atoms with E-state index >= 15 is 0 Å². The molecule has 0 saturated carbocycles. The van der Waals surface area contributed by atoms with Gasteiger partial charge in [-0.25, -0.2) is 0 Å². The lowest BCUT2D eigenvalue weighted by Gasteiger charge is -2.11. The molecule has 1 aromatic heterocycles. The fraction of sp³-hybridized carbons (Fsp3) is 0.214. The van der Waals surface area contributed by atoms with Crippen molar-refractivity contribution in [3.05, 3.63) is 42.7 Å². The number of benzene rings is 1. The molecular weight excluding hydrogens is 273 g/mol. The standard InChI is InChI=1S/C14H16BNO5/c1-19-13-4-2-3-5-14(13)21-7-6-20-12-8-11(15(17)18)9-16-10-12/h2-5,8-10,17-18H,6-7H2,1H3. The lowest BCUT2D eigenvalue weighted by molar-refractivity contribution is 0.211. The fourth-order valence-corrected chi connectivity index (χ4v) is 1.70. The molecular formula is C14H16BNO5. The van der Waals surface area contributed by atoms with Crippen molar-refractivity contribution in [3.8, 4) is 17.2 Å². The first kappa shape index (κ1) is 15.1. The number of pyridine rings is 1. The van der Waals surface area contributed by atoms with Crippen LogP contribution in [-0.4, -0.2) is 42.5 Å². The van der Waals surface area contributed by atoms with Gasteiger partial charge in [0.2, 0.25) is 0 Å². The molecule has 0 spiro atoms. The number of hydrogen-bond acceptors (Lipinski definition) is 6. The highest BCUT2D eigenvalue weighted by Crippen LogP contribution is 2.25. The Kier molecular flexibility index (Phi) is 5.42. The minimum Gasteiger partial charge on any atom is -0.493 e. The van der Waals surface area contributed by atoms with Gasteiger partial charge in [-0.3, -0.25) is 4.98 Å². The summed E-state index contributed by atoms with van der Waals surface area (Å²) in [7, 11) is 0.0154. The van der Waals surface area contributed by atoms with Crippen molar-refractivity contribution in [1.82, 2.24) is 4.98 Å². The van der Waals surface area contributed by atoms with Crippen molar-refractivity contribution < 1.29 is 24.3 Å². The number of hydrogen-bond donors (Lipinski definition) is 2. The van der Waals surface area contributed by atoms with Gasteiger partial charge < -0.3 is 24.3 Å². The second kappa shape index (κ2) is 7.51. The Hall–Kier alpha value is -2.25. The van der Waals surface area contributed by atoms with Gasteiger partial charge >= 0.3 is 7.12 Å². The first-order valence-electron chi connectivity index (χ1n) is 6.40. The summed E-state index contributed by atoms with van der Waals surface area (Å²) in [5.74, 6) is 1.75. The van der Waals surface area contributed by atoms with Crippen LogP contribution in [0.4, 0.5) is 0 Å². The SMILES string of the molecule is COc1ccccc1OCCOc1cncc(B(O)O)c1. The van der Waals surface area contributed by atoms with Crippen LogP contribution in [0.3, 0.4) is 0 Å². The van der Waals surface area contributed by atoms with E-state index in [1.807, 2.05) is 24.3 Å². The van der Waals surface area contributed by atoms with Gasteiger partial charge in [-0.1, -0.05) is 12.1 Å². The van der Waals surface area contributed by atoms with Crippen molar-refractivity contribution in [1.29, 1.82) is 0 Å². The molecule has 0 aliphatic heterocycles. The minimum absolute atomic E-state index is 0.276. The van der Waals surface area contributed by atoms with Crippen LogP contribution < -0.4 is 19.7 Å². The number of methoxy groups -OCH3 is 1. The minimum atomic E-state index is -1.56. The lowest BCUT2D eigenvalue weighted by atomic mass is 9.82. The van der Waals surface area contributed by atoms with Gasteiger partial charge in [0.25, 0.3) is 0 Å². The molecule has 6 nitrogen and oxygen atoms in total. The normalized spacial score (nSPS) is 10.0. The molecule has 0 atom stereocenters. The predicted octanol–water partition coefficient (Wildman–Crippen LogP) is 0.228. The van der Waals surface area contributed by atoms with Crippen LogP contribution in [0.1, 0.15) is 0 Å². The van der Waals surface area contributed by atoms with Crippen molar-refractivity contribution in [2.75, 3.05) is 20.3 Å². The van der Waals surface area contributed by atoms with Crippen LogP contribution in [0.25, 0.3) is 0 Å². The molecule has 0 amide bonds. The molecule has 21 heavy (non-hydrogen) atoms. The largest absolute Gasteiger partial charge is 0.493 e. The smallest absolute Gasteiger partial charge is 0.490 e. The Morgan fingerprint density at radius 3 is 2.48 bits per heavy atom. The van der Waals surface area contributed by atoms with Gasteiger partial charge in [0.15, 0.2) is 11.5 Å². The third kappa shape index (κ3) is 4.37. The highest BCUT2D eigenvalue weighted by atomic mass is 16.5. The van der Waals surface area contributed by atoms with E-state index in [0.717, 1.165) is 0 Å². The summed E-state index contributed by atoms with van der Waals surface area (Å²) in [6.45, 7) is 0.622. The molecule has 0 unspecified atom stereocenters. The number of rotatable bonds is 7. The van der Waals surface area contributed by atoms with Gasteiger partial charge in [-0.05, 0) is 18.2 Å². The average molecular weight is 289 g/mol. The summed E-state index contributed by atoms with van der Waals surface area (Å²) < 4.78 is 16.2. The van der Waals surface area contributed by atoms with E-state index in [0.29, 0.717) is 30.5 Å². The maximum atomic E-state index is 9.05. The Balaban J connectivity index is 1.83. The molecule has 0 aliphatic carbocycles. The molecule has 1 aromatic carbocycles. The highest BCUT2D eigenvalue weighted by molar-refractivity contribution is 6.58. The molecule has 2 rings (SSSR count). The van der Waals surface area contributed by atoms with Crippen LogP contribution in [-0.2, 0) is 0 Å². The molecule has 110 valence electrons. The van der Waals surface area contributed by atoms with Crippen molar-refractivity contribution >= 4 is 12.6 Å². The Morgan fingerprint density at radius 1 is 1.05 bits per heavy atom. The van der Waals surface area contributed by atoms with Crippen LogP contribution in [0.15, 0.2) is 42.7 Å². The molecule has 2 N–H and O–H groups in total. The Bertz CT molecular complexity index is 579. The van der Waals surface area contributed by atoms with E-state index in [2.05, 4.69) is 4.98 Å². The summed E-state index contributed by atoms with van der Waals surface area (Å²) >= 11 is 0. The van der Waals surface area contributed by atoms with Crippen molar-refractivity contribution in [3.63, 3.8) is 0 Å². The third-order valence-electron chi connectivity index (χ3n) is 2.71. The summed E-state index contributed by atoms with van der Waals surface area (Å²) in [6.07, 6.45) is 2.86. The molecule has 0 radical (unpaired) electrons. The Morgan fingerprint density at radius 2 is 1.76 bits per heavy atom. The van der Waals surface area contributed by atoms with Gasteiger partial charge in [-0.2, -0.15) is 0 Å². The van der Waals surface area contributed by atoms with E-state index in [4.69, 9.17) is 24.3 Å². The van der Waals surface area contributed by atoms with Gasteiger partial charge in [0.05, 0.1) is 13.3 Å². The zero-order chi connectivity index (χ0) is 15.1. The second-order valence-corrected chi connectivity index (χ2v) is 4.18. The van der Waals surface area contributed by atoms with Crippen LogP contribution in [0.5, 0.6) is 17.2 Å². The third-order valence-corrected chi connectivity index (χ3v) is 2.71. The molecule has 2 aromatic rings. The van der Waals surface area contributed by atoms with Crippen LogP contribution in [0, 0.1) is 0 Å². The quantitative estimate of drug-likeness (QED) is 0.561. The Labute approximate surface area is 123 Å². The van der Waals surface area contributed by atoms with Gasteiger partial charge in [0, 0.05) is 11.7 Å². The number of ether oxygens (including phenoxy) is 3. The summed E-state index contributed by atoms with van der Waals surface area (Å²) in [6, 6.07) is 8.85. The van der Waals surface area contributed by atoms with Crippen molar-refractivity contribution in [2.45, 2.75) is 0 Å². The molecule has 0 aliphatic rings. The number of para-hydroxylation sites is 2. The monoisotopic (exact) mass is 289 g/mol. The van der Waals surface area contributed by atoms with Crippen molar-refractivity contribution in [2.24, 2.45) is 0 Å². The van der Waals surface area contributed by atoms with E-state index in [1.165, 1.54) is 18.5 Å². The summed E-state index contributed by atoms with van der Waals surface area (Å²) in [4.78, 5) is 3.86. The zero-order valence-corrected chi connectivity index (χ0v) is 11.6. The highest BCUT2D eigenvalue weighted by Gasteiger charge is 2.12. The molecule has 0 saturated heterocycles. The van der Waals surface area contributed by atoms with E-state index in [9.17, 15) is 0 Å². The average Bonchev–Trinajstić information content (AvgIpc) is 2.52. The fourth-order valence-electron chi connectivity index (χ4n) is 1.70. The topological polar surface area (TPSA) is 81.0 Å². The molecule has 7 heteroatoms. The summed E-state index contributed by atoms with van der Waals surface area (Å²) in [5.41, 5.74) is 0.276. The van der Waals surface area contributed by atoms with E-state index in [1.54, 1.807) is 7.11 Å². The lowest BCUT2D eigenvalue weighted by Crippen LogP contribution is -2.30. The molecule has 1 heterocycles. The first-order chi connectivity index (χ1) is 10.2. The maximum absolute atomic E-state index is 9.05. The first-order valence-corrected chi connectivity index (χ1v) is 6.40.